The summed E-state index contributed by atoms with van der Waals surface area (Å²) in [6.07, 6.45) is 1.85. The third kappa shape index (κ3) is 4.39. The first kappa shape index (κ1) is 15.1. The molecule has 1 N–H and O–H groups in total. The Morgan fingerprint density at radius 1 is 1.10 bits per heavy atom. The highest BCUT2D eigenvalue weighted by Gasteiger charge is 2.06. The van der Waals surface area contributed by atoms with Gasteiger partial charge >= 0.3 is 0 Å². The van der Waals surface area contributed by atoms with Gasteiger partial charge in [-0.1, -0.05) is 32.0 Å². The van der Waals surface area contributed by atoms with Crippen LogP contribution in [0.4, 0.5) is 0 Å². The maximum atomic E-state index is 4.30. The minimum Gasteiger partial charge on any atom is -0.314 e. The Morgan fingerprint density at radius 2 is 1.85 bits per heavy atom. The van der Waals surface area contributed by atoms with Crippen molar-refractivity contribution in [3.05, 3.63) is 44.9 Å². The smallest absolute Gasteiger partial charge is 0.121 e. The van der Waals surface area contributed by atoms with E-state index in [1.807, 2.05) is 0 Å². The Morgan fingerprint density at radius 3 is 2.55 bits per heavy atom. The lowest BCUT2D eigenvalue weighted by Gasteiger charge is -2.05. The molecule has 108 valence electrons. The van der Waals surface area contributed by atoms with Gasteiger partial charge in [-0.2, -0.15) is 0 Å². The maximum absolute atomic E-state index is 4.30. The van der Waals surface area contributed by atoms with Crippen LogP contribution >= 0.6 is 11.3 Å². The summed E-state index contributed by atoms with van der Waals surface area (Å²) in [7, 11) is 0. The van der Waals surface area contributed by atoms with Crippen LogP contribution in [0.1, 0.15) is 40.6 Å². The number of hydrogen-bond donors (Lipinski definition) is 1. The van der Waals surface area contributed by atoms with Gasteiger partial charge in [0.25, 0.3) is 0 Å². The number of nitrogens with one attached hydrogen (secondary N) is 1. The van der Waals surface area contributed by atoms with E-state index in [9.17, 15) is 0 Å². The Hall–Kier alpha value is -1.26. The van der Waals surface area contributed by atoms with E-state index < -0.39 is 0 Å². The van der Waals surface area contributed by atoms with Gasteiger partial charge in [-0.05, 0) is 30.5 Å². The first-order valence-electron chi connectivity index (χ1n) is 7.15. The van der Waals surface area contributed by atoms with Crippen molar-refractivity contribution in [1.29, 1.82) is 0 Å². The van der Waals surface area contributed by atoms with Crippen LogP contribution in [0.15, 0.2) is 18.2 Å². The Balaban J connectivity index is 1.93. The fourth-order valence-electron chi connectivity index (χ4n) is 2.02. The van der Waals surface area contributed by atoms with Crippen LogP contribution in [0.2, 0.25) is 0 Å². The van der Waals surface area contributed by atoms with Gasteiger partial charge in [0.15, 0.2) is 0 Å². The Bertz CT molecular complexity index is 561. The van der Waals surface area contributed by atoms with Gasteiger partial charge in [0, 0.05) is 25.4 Å². The average Bonchev–Trinajstić information content (AvgIpc) is 2.81. The van der Waals surface area contributed by atoms with Crippen molar-refractivity contribution in [1.82, 2.24) is 15.5 Å². The standard InChI is InChI=1S/C16H23N3S/c1-11(2)17-8-7-15-18-19-16(20-15)10-14-6-5-12(3)13(4)9-14/h5-6,9,11,17H,7-8,10H2,1-4H3. The van der Waals surface area contributed by atoms with E-state index in [2.05, 4.69) is 61.4 Å². The van der Waals surface area contributed by atoms with E-state index >= 15 is 0 Å². The molecule has 1 aromatic heterocycles. The van der Waals surface area contributed by atoms with Gasteiger partial charge in [0.1, 0.15) is 10.0 Å². The van der Waals surface area contributed by atoms with Crippen molar-refractivity contribution in [2.45, 2.75) is 46.6 Å². The topological polar surface area (TPSA) is 37.8 Å². The van der Waals surface area contributed by atoms with Crippen LogP contribution < -0.4 is 5.32 Å². The molecule has 0 aliphatic heterocycles. The van der Waals surface area contributed by atoms with Crippen LogP contribution in [0.5, 0.6) is 0 Å². The van der Waals surface area contributed by atoms with Gasteiger partial charge in [-0.15, -0.1) is 21.5 Å². The molecule has 4 heteroatoms. The molecule has 0 aliphatic carbocycles. The molecule has 0 saturated heterocycles. The predicted molar refractivity (Wildman–Crippen MR) is 85.5 cm³/mol. The second kappa shape index (κ2) is 6.95. The van der Waals surface area contributed by atoms with Crippen LogP contribution in [0.25, 0.3) is 0 Å². The lowest BCUT2D eigenvalue weighted by atomic mass is 10.0. The molecule has 1 heterocycles. The lowest BCUT2D eigenvalue weighted by molar-refractivity contribution is 0.588. The summed E-state index contributed by atoms with van der Waals surface area (Å²) in [4.78, 5) is 0. The van der Waals surface area contributed by atoms with Gasteiger partial charge in [0.05, 0.1) is 0 Å². The molecule has 0 aliphatic rings. The number of rotatable bonds is 6. The fraction of sp³-hybridized carbons (Fsp3) is 0.500. The van der Waals surface area contributed by atoms with Crippen LogP contribution in [-0.4, -0.2) is 22.8 Å². The molecule has 0 spiro atoms. The summed E-state index contributed by atoms with van der Waals surface area (Å²) in [6.45, 7) is 9.58. The minimum absolute atomic E-state index is 0.526. The van der Waals surface area contributed by atoms with Gasteiger partial charge < -0.3 is 5.32 Å². The summed E-state index contributed by atoms with van der Waals surface area (Å²) in [5, 5.41) is 14.2. The van der Waals surface area contributed by atoms with E-state index in [-0.39, 0.29) is 0 Å². The molecule has 0 fully saturated rings. The fourth-order valence-corrected chi connectivity index (χ4v) is 2.89. The highest BCUT2D eigenvalue weighted by Crippen LogP contribution is 2.17. The van der Waals surface area contributed by atoms with Crippen molar-refractivity contribution in [2.75, 3.05) is 6.54 Å². The molecule has 2 aromatic rings. The molecule has 20 heavy (non-hydrogen) atoms. The molecular formula is C16H23N3S. The summed E-state index contributed by atoms with van der Waals surface area (Å²) >= 11 is 1.73. The molecular weight excluding hydrogens is 266 g/mol. The number of nitrogens with zero attached hydrogens (tertiary/aromatic N) is 2. The predicted octanol–water partition coefficient (Wildman–Crippen LogP) is 3.29. The molecule has 0 atom stereocenters. The third-order valence-corrected chi connectivity index (χ3v) is 4.31. The van der Waals surface area contributed by atoms with E-state index in [0.717, 1.165) is 29.4 Å². The van der Waals surface area contributed by atoms with Crippen molar-refractivity contribution >= 4 is 11.3 Å². The first-order chi connectivity index (χ1) is 9.54. The average molecular weight is 289 g/mol. The zero-order valence-electron chi connectivity index (χ0n) is 12.7. The third-order valence-electron chi connectivity index (χ3n) is 3.33. The van der Waals surface area contributed by atoms with Crippen molar-refractivity contribution < 1.29 is 0 Å². The normalized spacial score (nSPS) is 11.2. The SMILES string of the molecule is Cc1ccc(Cc2nnc(CCNC(C)C)s2)cc1C. The quantitative estimate of drug-likeness (QED) is 0.887. The molecule has 0 unspecified atom stereocenters. The van der Waals surface area contributed by atoms with Gasteiger partial charge in [-0.25, -0.2) is 0 Å². The second-order valence-electron chi connectivity index (χ2n) is 5.54. The molecule has 2 rings (SSSR count). The summed E-state index contributed by atoms with van der Waals surface area (Å²) < 4.78 is 0. The van der Waals surface area contributed by atoms with E-state index in [0.29, 0.717) is 6.04 Å². The summed E-state index contributed by atoms with van der Waals surface area (Å²) in [6, 6.07) is 7.14. The highest BCUT2D eigenvalue weighted by molar-refractivity contribution is 7.11. The zero-order valence-corrected chi connectivity index (χ0v) is 13.5. The highest BCUT2D eigenvalue weighted by atomic mass is 32.1. The monoisotopic (exact) mass is 289 g/mol. The maximum Gasteiger partial charge on any atom is 0.121 e. The van der Waals surface area contributed by atoms with Crippen molar-refractivity contribution in [2.24, 2.45) is 0 Å². The van der Waals surface area contributed by atoms with Gasteiger partial charge in [-0.3, -0.25) is 0 Å². The zero-order chi connectivity index (χ0) is 14.5. The molecule has 0 radical (unpaired) electrons. The van der Waals surface area contributed by atoms with Crippen LogP contribution in [-0.2, 0) is 12.8 Å². The minimum atomic E-state index is 0.526. The second-order valence-corrected chi connectivity index (χ2v) is 6.69. The lowest BCUT2D eigenvalue weighted by Crippen LogP contribution is -2.24. The molecule has 0 bridgehead atoms. The molecule has 0 amide bonds. The Labute approximate surface area is 125 Å². The molecule has 3 nitrogen and oxygen atoms in total. The first-order valence-corrected chi connectivity index (χ1v) is 7.97. The largest absolute Gasteiger partial charge is 0.314 e. The Kier molecular flexibility index (Phi) is 5.26. The molecule has 0 saturated carbocycles. The number of hydrogen-bond acceptors (Lipinski definition) is 4. The van der Waals surface area contributed by atoms with E-state index in [1.54, 1.807) is 11.3 Å². The van der Waals surface area contributed by atoms with Gasteiger partial charge in [0.2, 0.25) is 0 Å². The van der Waals surface area contributed by atoms with Crippen molar-refractivity contribution in [3.8, 4) is 0 Å². The molecule has 1 aromatic carbocycles. The van der Waals surface area contributed by atoms with E-state index in [4.69, 9.17) is 0 Å². The summed E-state index contributed by atoms with van der Waals surface area (Å²) in [5.41, 5.74) is 4.00. The van der Waals surface area contributed by atoms with Crippen LogP contribution in [0.3, 0.4) is 0 Å². The number of aromatic nitrogens is 2. The summed E-state index contributed by atoms with van der Waals surface area (Å²) in [5.74, 6) is 0. The van der Waals surface area contributed by atoms with Crippen LogP contribution in [0, 0.1) is 13.8 Å². The number of benzene rings is 1. The van der Waals surface area contributed by atoms with E-state index in [1.165, 1.54) is 16.7 Å². The van der Waals surface area contributed by atoms with Crippen molar-refractivity contribution in [3.63, 3.8) is 0 Å². The number of aryl methyl sites for hydroxylation is 2.